The summed E-state index contributed by atoms with van der Waals surface area (Å²) in [6.07, 6.45) is 15.9. The summed E-state index contributed by atoms with van der Waals surface area (Å²) in [7, 11) is 0. The van der Waals surface area contributed by atoms with Gasteiger partial charge in [-0.15, -0.1) is 0 Å². The lowest BCUT2D eigenvalue weighted by Gasteiger charge is -2.06. The summed E-state index contributed by atoms with van der Waals surface area (Å²) in [4.78, 5) is 9.24. The van der Waals surface area contributed by atoms with E-state index in [-0.39, 0.29) is 0 Å². The molecular weight excluding hydrogens is 340 g/mol. The van der Waals surface area contributed by atoms with Crippen LogP contribution in [-0.2, 0) is 6.42 Å². The van der Waals surface area contributed by atoms with Gasteiger partial charge in [0.25, 0.3) is 0 Å². The summed E-state index contributed by atoms with van der Waals surface area (Å²) >= 11 is 0. The van der Waals surface area contributed by atoms with Crippen molar-refractivity contribution < 1.29 is 0 Å². The second-order valence-corrected chi connectivity index (χ2v) is 7.59. The zero-order chi connectivity index (χ0) is 19.4. The first-order valence-electron chi connectivity index (χ1n) is 10.8. The number of hydrogen-bond donors (Lipinski definition) is 0. The van der Waals surface area contributed by atoms with Gasteiger partial charge in [-0.25, -0.2) is 9.97 Å². The molecule has 2 heteroatoms. The van der Waals surface area contributed by atoms with E-state index in [1.807, 2.05) is 18.5 Å². The topological polar surface area (TPSA) is 25.8 Å². The third kappa shape index (κ3) is 6.30. The summed E-state index contributed by atoms with van der Waals surface area (Å²) in [6, 6.07) is 18.9. The van der Waals surface area contributed by atoms with Crippen molar-refractivity contribution >= 4 is 0 Å². The maximum Gasteiger partial charge on any atom is 0.159 e. The highest BCUT2D eigenvalue weighted by molar-refractivity contribution is 5.70. The van der Waals surface area contributed by atoms with Crippen LogP contribution in [-0.4, -0.2) is 9.97 Å². The molecule has 1 heterocycles. The molecule has 3 aromatic rings. The summed E-state index contributed by atoms with van der Waals surface area (Å²) in [5.41, 5.74) is 4.73. The zero-order valence-corrected chi connectivity index (χ0v) is 17.1. The van der Waals surface area contributed by atoms with E-state index < -0.39 is 0 Å². The van der Waals surface area contributed by atoms with Gasteiger partial charge in [-0.1, -0.05) is 100 Å². The van der Waals surface area contributed by atoms with Gasteiger partial charge in [0.15, 0.2) is 5.82 Å². The first-order chi connectivity index (χ1) is 13.9. The minimum atomic E-state index is 0.803. The van der Waals surface area contributed by atoms with E-state index in [4.69, 9.17) is 0 Å². The van der Waals surface area contributed by atoms with Crippen molar-refractivity contribution in [2.45, 2.75) is 64.7 Å². The summed E-state index contributed by atoms with van der Waals surface area (Å²) in [5, 5.41) is 0. The lowest BCUT2D eigenvalue weighted by molar-refractivity contribution is 0.575. The third-order valence-electron chi connectivity index (χ3n) is 5.25. The molecule has 2 nitrogen and oxygen atoms in total. The van der Waals surface area contributed by atoms with Gasteiger partial charge in [0.2, 0.25) is 0 Å². The highest BCUT2D eigenvalue weighted by Gasteiger charge is 2.04. The monoisotopic (exact) mass is 372 g/mol. The van der Waals surface area contributed by atoms with Gasteiger partial charge >= 0.3 is 0 Å². The Kier molecular flexibility index (Phi) is 8.24. The Morgan fingerprint density at radius 1 is 0.607 bits per heavy atom. The predicted octanol–water partition coefficient (Wildman–Crippen LogP) is 7.49. The quantitative estimate of drug-likeness (QED) is 0.326. The average molecular weight is 373 g/mol. The van der Waals surface area contributed by atoms with Crippen molar-refractivity contribution in [3.63, 3.8) is 0 Å². The Bertz CT molecular complexity index is 809. The molecular formula is C26H32N2. The van der Waals surface area contributed by atoms with Crippen LogP contribution in [0.1, 0.15) is 63.9 Å². The van der Waals surface area contributed by atoms with Crippen molar-refractivity contribution in [2.75, 3.05) is 0 Å². The lowest BCUT2D eigenvalue weighted by Crippen LogP contribution is -1.93. The van der Waals surface area contributed by atoms with Crippen LogP contribution >= 0.6 is 0 Å². The Morgan fingerprint density at radius 3 is 1.93 bits per heavy atom. The molecule has 0 aliphatic rings. The molecule has 1 aromatic heterocycles. The van der Waals surface area contributed by atoms with Crippen LogP contribution in [0.4, 0.5) is 0 Å². The van der Waals surface area contributed by atoms with E-state index in [9.17, 15) is 0 Å². The normalized spacial score (nSPS) is 10.9. The van der Waals surface area contributed by atoms with Crippen LogP contribution in [0.2, 0.25) is 0 Å². The maximum atomic E-state index is 4.62. The summed E-state index contributed by atoms with van der Waals surface area (Å²) in [6.45, 7) is 2.27. The van der Waals surface area contributed by atoms with Crippen molar-refractivity contribution in [1.29, 1.82) is 0 Å². The molecule has 28 heavy (non-hydrogen) atoms. The van der Waals surface area contributed by atoms with Gasteiger partial charge in [0.05, 0.1) is 0 Å². The highest BCUT2D eigenvalue weighted by Crippen LogP contribution is 2.24. The Labute approximate surface area is 170 Å². The molecule has 0 saturated carbocycles. The molecule has 0 radical (unpaired) electrons. The molecule has 0 aliphatic carbocycles. The number of unbranched alkanes of at least 4 members (excludes halogenated alkanes) is 7. The molecule has 0 bridgehead atoms. The zero-order valence-electron chi connectivity index (χ0n) is 17.1. The summed E-state index contributed by atoms with van der Waals surface area (Å²) < 4.78 is 0. The van der Waals surface area contributed by atoms with E-state index >= 15 is 0 Å². The van der Waals surface area contributed by atoms with Crippen molar-refractivity contribution in [3.05, 3.63) is 72.6 Å². The smallest absolute Gasteiger partial charge is 0.159 e. The van der Waals surface area contributed by atoms with Gasteiger partial charge in [-0.2, -0.15) is 0 Å². The molecule has 0 spiro atoms. The Morgan fingerprint density at radius 2 is 1.21 bits per heavy atom. The number of aromatic nitrogens is 2. The molecule has 3 rings (SSSR count). The molecule has 0 atom stereocenters. The molecule has 0 aliphatic heterocycles. The molecule has 2 aromatic carbocycles. The van der Waals surface area contributed by atoms with E-state index in [1.54, 1.807) is 0 Å². The van der Waals surface area contributed by atoms with Crippen molar-refractivity contribution in [3.8, 4) is 22.5 Å². The standard InChI is InChI=1S/C26H32N2/c1-2-3-4-5-6-7-8-10-14-22-20-27-26(28-21-22)25-18-13-17-24(19-25)23-15-11-9-12-16-23/h9,11-13,15-21H,2-8,10,14H2,1H3. The van der Waals surface area contributed by atoms with Crippen LogP contribution < -0.4 is 0 Å². The molecule has 0 unspecified atom stereocenters. The highest BCUT2D eigenvalue weighted by atomic mass is 14.9. The molecule has 0 fully saturated rings. The van der Waals surface area contributed by atoms with Crippen molar-refractivity contribution in [2.24, 2.45) is 0 Å². The largest absolute Gasteiger partial charge is 0.236 e. The second-order valence-electron chi connectivity index (χ2n) is 7.59. The van der Waals surface area contributed by atoms with Crippen LogP contribution in [0.3, 0.4) is 0 Å². The second kappa shape index (κ2) is 11.4. The number of nitrogens with zero attached hydrogens (tertiary/aromatic N) is 2. The SMILES string of the molecule is CCCCCCCCCCc1cnc(-c2cccc(-c3ccccc3)c2)nc1. The fourth-order valence-corrected chi connectivity index (χ4v) is 3.56. The number of aryl methyl sites for hydroxylation is 1. The van der Waals surface area contributed by atoms with Crippen LogP contribution in [0, 0.1) is 0 Å². The molecule has 0 saturated heterocycles. The Hall–Kier alpha value is -2.48. The van der Waals surface area contributed by atoms with Crippen LogP contribution in [0.15, 0.2) is 67.0 Å². The number of hydrogen-bond acceptors (Lipinski definition) is 2. The molecule has 0 amide bonds. The average Bonchev–Trinajstić information content (AvgIpc) is 2.77. The van der Waals surface area contributed by atoms with E-state index in [0.717, 1.165) is 17.8 Å². The fourth-order valence-electron chi connectivity index (χ4n) is 3.56. The maximum absolute atomic E-state index is 4.62. The molecule has 146 valence electrons. The van der Waals surface area contributed by atoms with Gasteiger partial charge in [-0.05, 0) is 35.6 Å². The predicted molar refractivity (Wildman–Crippen MR) is 119 cm³/mol. The number of rotatable bonds is 11. The Balaban J connectivity index is 1.49. The van der Waals surface area contributed by atoms with Crippen molar-refractivity contribution in [1.82, 2.24) is 9.97 Å². The van der Waals surface area contributed by atoms with Gasteiger partial charge < -0.3 is 0 Å². The summed E-state index contributed by atoms with van der Waals surface area (Å²) in [5.74, 6) is 0.803. The van der Waals surface area contributed by atoms with E-state index in [0.29, 0.717) is 0 Å². The molecule has 0 N–H and O–H groups in total. The van der Waals surface area contributed by atoms with Crippen LogP contribution in [0.5, 0.6) is 0 Å². The lowest BCUT2D eigenvalue weighted by atomic mass is 10.0. The van der Waals surface area contributed by atoms with Gasteiger partial charge in [0.1, 0.15) is 0 Å². The van der Waals surface area contributed by atoms with E-state index in [1.165, 1.54) is 68.1 Å². The minimum absolute atomic E-state index is 0.803. The third-order valence-corrected chi connectivity index (χ3v) is 5.25. The van der Waals surface area contributed by atoms with E-state index in [2.05, 4.69) is 65.4 Å². The van der Waals surface area contributed by atoms with Gasteiger partial charge in [0, 0.05) is 18.0 Å². The first kappa shape index (κ1) is 20.3. The first-order valence-corrected chi connectivity index (χ1v) is 10.8. The van der Waals surface area contributed by atoms with Gasteiger partial charge in [-0.3, -0.25) is 0 Å². The number of benzene rings is 2. The minimum Gasteiger partial charge on any atom is -0.236 e. The van der Waals surface area contributed by atoms with Crippen LogP contribution in [0.25, 0.3) is 22.5 Å². The fraction of sp³-hybridized carbons (Fsp3) is 0.385.